The van der Waals surface area contributed by atoms with Crippen molar-refractivity contribution < 1.29 is 9.59 Å². The number of hydrogen-bond donors (Lipinski definition) is 2. The van der Waals surface area contributed by atoms with Crippen molar-refractivity contribution in [3.8, 4) is 0 Å². The Morgan fingerprint density at radius 3 is 2.74 bits per heavy atom. The highest BCUT2D eigenvalue weighted by atomic mass is 32.2. The number of carbonyl (C=O) groups is 2. The molecule has 8 heteroatoms. The third-order valence-corrected chi connectivity index (χ3v) is 4.06. The number of amides is 2. The van der Waals surface area contributed by atoms with E-state index in [0.29, 0.717) is 16.4 Å². The number of thioether (sulfide) groups is 1. The van der Waals surface area contributed by atoms with Gasteiger partial charge in [-0.3, -0.25) is 9.59 Å². The van der Waals surface area contributed by atoms with Crippen LogP contribution in [0.5, 0.6) is 0 Å². The zero-order valence-corrected chi connectivity index (χ0v) is 14.1. The van der Waals surface area contributed by atoms with Crippen molar-refractivity contribution >= 4 is 29.3 Å². The minimum absolute atomic E-state index is 0.188. The summed E-state index contributed by atoms with van der Waals surface area (Å²) >= 11 is 1.31. The lowest BCUT2D eigenvalue weighted by atomic mass is 10.1. The topological polar surface area (TPSA) is 88.9 Å². The van der Waals surface area contributed by atoms with Gasteiger partial charge in [-0.1, -0.05) is 23.9 Å². The number of nitrogens with zero attached hydrogens (tertiary/aromatic N) is 3. The molecule has 1 aromatic carbocycles. The summed E-state index contributed by atoms with van der Waals surface area (Å²) in [5, 5.41) is 13.9. The van der Waals surface area contributed by atoms with Gasteiger partial charge in [0.2, 0.25) is 5.91 Å². The minimum atomic E-state index is -0.242. The summed E-state index contributed by atoms with van der Waals surface area (Å²) in [5.41, 5.74) is 0.918. The second kappa shape index (κ2) is 7.77. The van der Waals surface area contributed by atoms with Crippen LogP contribution in [0.15, 0.2) is 35.7 Å². The molecule has 0 bridgehead atoms. The van der Waals surface area contributed by atoms with E-state index < -0.39 is 0 Å². The van der Waals surface area contributed by atoms with Crippen molar-refractivity contribution in [1.82, 2.24) is 20.1 Å². The Bertz CT molecular complexity index is 699. The average molecular weight is 333 g/mol. The van der Waals surface area contributed by atoms with Gasteiger partial charge in [-0.25, -0.2) is 0 Å². The van der Waals surface area contributed by atoms with E-state index in [-0.39, 0.29) is 23.6 Å². The van der Waals surface area contributed by atoms with Gasteiger partial charge in [0.05, 0.1) is 17.0 Å². The van der Waals surface area contributed by atoms with Crippen LogP contribution in [0.4, 0.5) is 5.69 Å². The summed E-state index contributed by atoms with van der Waals surface area (Å²) in [7, 11) is 1.55. The van der Waals surface area contributed by atoms with Gasteiger partial charge in [0.1, 0.15) is 6.33 Å². The number of para-hydroxylation sites is 1. The second-order valence-electron chi connectivity index (χ2n) is 5.08. The lowest BCUT2D eigenvalue weighted by Crippen LogP contribution is -2.22. The zero-order chi connectivity index (χ0) is 16.8. The van der Waals surface area contributed by atoms with E-state index in [1.807, 2.05) is 18.4 Å². The van der Waals surface area contributed by atoms with Crippen molar-refractivity contribution in [2.24, 2.45) is 0 Å². The molecular weight excluding hydrogens is 314 g/mol. The summed E-state index contributed by atoms with van der Waals surface area (Å²) in [5.74, 6) is -0.259. The number of hydrogen-bond acceptors (Lipinski definition) is 5. The molecule has 0 aliphatic rings. The summed E-state index contributed by atoms with van der Waals surface area (Å²) in [6.07, 6.45) is 1.64. The van der Waals surface area contributed by atoms with Crippen LogP contribution in [0.25, 0.3) is 0 Å². The Morgan fingerprint density at radius 1 is 1.30 bits per heavy atom. The highest BCUT2D eigenvalue weighted by Gasteiger charge is 2.14. The average Bonchev–Trinajstić information content (AvgIpc) is 3.01. The lowest BCUT2D eigenvalue weighted by Gasteiger charge is -2.11. The molecule has 0 spiro atoms. The highest BCUT2D eigenvalue weighted by molar-refractivity contribution is 7.99. The molecule has 0 fully saturated rings. The summed E-state index contributed by atoms with van der Waals surface area (Å²) in [4.78, 5) is 23.9. The van der Waals surface area contributed by atoms with Gasteiger partial charge >= 0.3 is 0 Å². The van der Waals surface area contributed by atoms with E-state index >= 15 is 0 Å². The molecule has 7 nitrogen and oxygen atoms in total. The third kappa shape index (κ3) is 4.32. The maximum atomic E-state index is 12.1. The second-order valence-corrected chi connectivity index (χ2v) is 6.02. The Kier molecular flexibility index (Phi) is 5.75. The Morgan fingerprint density at radius 2 is 2.04 bits per heavy atom. The van der Waals surface area contributed by atoms with Crippen LogP contribution in [-0.2, 0) is 4.79 Å². The van der Waals surface area contributed by atoms with E-state index in [4.69, 9.17) is 0 Å². The van der Waals surface area contributed by atoms with Crippen LogP contribution in [0, 0.1) is 0 Å². The molecule has 23 heavy (non-hydrogen) atoms. The standard InChI is InChI=1S/C15H19N5O2S/c1-10(2)20-9-17-19-15(20)23-8-13(21)18-12-7-5-4-6-11(12)14(22)16-3/h4-7,9-10H,8H2,1-3H3,(H,16,22)(H,18,21). The molecule has 0 atom stereocenters. The first-order chi connectivity index (χ1) is 11.0. The maximum Gasteiger partial charge on any atom is 0.253 e. The van der Waals surface area contributed by atoms with Gasteiger partial charge in [0.25, 0.3) is 5.91 Å². The first-order valence-electron chi connectivity index (χ1n) is 7.16. The Balaban J connectivity index is 2.00. The number of rotatable bonds is 6. The highest BCUT2D eigenvalue weighted by Crippen LogP contribution is 2.20. The van der Waals surface area contributed by atoms with E-state index in [9.17, 15) is 9.59 Å². The van der Waals surface area contributed by atoms with E-state index in [1.165, 1.54) is 11.8 Å². The molecule has 0 aliphatic heterocycles. The molecule has 2 rings (SSSR count). The van der Waals surface area contributed by atoms with Gasteiger partial charge in [-0.15, -0.1) is 10.2 Å². The van der Waals surface area contributed by atoms with Crippen LogP contribution in [0.3, 0.4) is 0 Å². The molecule has 0 radical (unpaired) electrons. The van der Waals surface area contributed by atoms with E-state index in [0.717, 1.165) is 0 Å². The Labute approximate surface area is 138 Å². The number of benzene rings is 1. The minimum Gasteiger partial charge on any atom is -0.355 e. The first-order valence-corrected chi connectivity index (χ1v) is 8.14. The van der Waals surface area contributed by atoms with Crippen molar-refractivity contribution in [2.75, 3.05) is 18.1 Å². The predicted molar refractivity (Wildman–Crippen MR) is 89.6 cm³/mol. The molecular formula is C15H19N5O2S. The van der Waals surface area contributed by atoms with Gasteiger partial charge in [0.15, 0.2) is 5.16 Å². The lowest BCUT2D eigenvalue weighted by molar-refractivity contribution is -0.113. The van der Waals surface area contributed by atoms with E-state index in [1.54, 1.807) is 37.6 Å². The summed E-state index contributed by atoms with van der Waals surface area (Å²) in [6, 6.07) is 7.11. The largest absolute Gasteiger partial charge is 0.355 e. The quantitative estimate of drug-likeness (QED) is 0.789. The van der Waals surface area contributed by atoms with Crippen LogP contribution in [0.2, 0.25) is 0 Å². The molecule has 1 aromatic heterocycles. The number of anilines is 1. The number of nitrogens with one attached hydrogen (secondary N) is 2. The summed E-state index contributed by atoms with van der Waals surface area (Å²) < 4.78 is 1.90. The zero-order valence-electron chi connectivity index (χ0n) is 13.2. The SMILES string of the molecule is CNC(=O)c1ccccc1NC(=O)CSc1nncn1C(C)C. The molecule has 0 saturated carbocycles. The van der Waals surface area contributed by atoms with Crippen molar-refractivity contribution in [3.63, 3.8) is 0 Å². The molecule has 122 valence electrons. The van der Waals surface area contributed by atoms with Gasteiger partial charge in [-0.2, -0.15) is 0 Å². The Hall–Kier alpha value is -2.35. The molecule has 0 unspecified atom stereocenters. The van der Waals surface area contributed by atoms with Crippen molar-refractivity contribution in [3.05, 3.63) is 36.2 Å². The van der Waals surface area contributed by atoms with Gasteiger partial charge < -0.3 is 15.2 Å². The molecule has 2 amide bonds. The van der Waals surface area contributed by atoms with Crippen LogP contribution in [0.1, 0.15) is 30.2 Å². The molecule has 1 heterocycles. The number of carbonyl (C=O) groups excluding carboxylic acids is 2. The van der Waals surface area contributed by atoms with Crippen LogP contribution < -0.4 is 10.6 Å². The third-order valence-electron chi connectivity index (χ3n) is 3.10. The van der Waals surface area contributed by atoms with Crippen molar-refractivity contribution in [2.45, 2.75) is 25.0 Å². The fourth-order valence-electron chi connectivity index (χ4n) is 1.93. The number of aromatic nitrogens is 3. The summed E-state index contributed by atoms with van der Waals surface area (Å²) in [6.45, 7) is 4.04. The molecule has 2 aromatic rings. The smallest absolute Gasteiger partial charge is 0.253 e. The van der Waals surface area contributed by atoms with E-state index in [2.05, 4.69) is 20.8 Å². The maximum absolute atomic E-state index is 12.1. The first kappa shape index (κ1) is 17.0. The van der Waals surface area contributed by atoms with Gasteiger partial charge in [-0.05, 0) is 26.0 Å². The van der Waals surface area contributed by atoms with Crippen LogP contribution in [-0.4, -0.2) is 39.4 Å². The normalized spacial score (nSPS) is 10.6. The fraction of sp³-hybridized carbons (Fsp3) is 0.333. The monoisotopic (exact) mass is 333 g/mol. The van der Waals surface area contributed by atoms with Crippen molar-refractivity contribution in [1.29, 1.82) is 0 Å². The molecule has 2 N–H and O–H groups in total. The predicted octanol–water partition coefficient (Wildman–Crippen LogP) is 1.95. The fourth-order valence-corrected chi connectivity index (χ4v) is 2.77. The molecule has 0 saturated heterocycles. The van der Waals surface area contributed by atoms with Crippen LogP contribution >= 0.6 is 11.8 Å². The van der Waals surface area contributed by atoms with Gasteiger partial charge in [0, 0.05) is 13.1 Å². The molecule has 0 aliphatic carbocycles.